The highest BCUT2D eigenvalue weighted by atomic mass is 28.3. The first-order valence-electron chi connectivity index (χ1n) is 15.7. The molecule has 0 aliphatic carbocycles. The van der Waals surface area contributed by atoms with E-state index in [0.29, 0.717) is 32.5 Å². The highest BCUT2D eigenvalue weighted by molar-refractivity contribution is 6.91. The summed E-state index contributed by atoms with van der Waals surface area (Å²) < 4.78 is 89.7. The molecule has 0 radical (unpaired) electrons. The predicted octanol–water partition coefficient (Wildman–Crippen LogP) is 6.66. The minimum Gasteiger partial charge on any atom is -0.317 e. The van der Waals surface area contributed by atoms with Crippen molar-refractivity contribution in [3.05, 3.63) is 85.0 Å². The Morgan fingerprint density at radius 2 is 1.03 bits per heavy atom. The summed E-state index contributed by atoms with van der Waals surface area (Å²) in [5.41, 5.74) is 1.34. The fourth-order valence-electron chi connectivity index (χ4n) is 4.00. The van der Waals surface area contributed by atoms with Crippen LogP contribution in [0.15, 0.2) is 85.0 Å². The molecule has 162 valence electrons. The van der Waals surface area contributed by atoms with Crippen molar-refractivity contribution in [1.82, 2.24) is 9.13 Å². The summed E-state index contributed by atoms with van der Waals surface area (Å²) in [6.07, 6.45) is 0.169. The van der Waals surface area contributed by atoms with Crippen LogP contribution >= 0.6 is 0 Å². The Labute approximate surface area is 207 Å². The van der Waals surface area contributed by atoms with Crippen LogP contribution in [0.5, 0.6) is 0 Å². The Morgan fingerprint density at radius 1 is 0.625 bits per heavy atom. The molecule has 2 heterocycles. The van der Waals surface area contributed by atoms with Gasteiger partial charge in [0, 0.05) is 23.7 Å². The van der Waals surface area contributed by atoms with E-state index in [1.807, 2.05) is 39.3 Å². The Bertz CT molecular complexity index is 1830. The van der Waals surface area contributed by atoms with Gasteiger partial charge in [0.25, 0.3) is 0 Å². The molecule has 0 aliphatic rings. The molecule has 0 fully saturated rings. The zero-order chi connectivity index (χ0) is 31.4. The van der Waals surface area contributed by atoms with Gasteiger partial charge in [-0.05, 0) is 51.4 Å². The van der Waals surface area contributed by atoms with E-state index in [9.17, 15) is 2.74 Å². The number of benzene rings is 3. The van der Waals surface area contributed by atoms with E-state index in [2.05, 4.69) is 0 Å². The second kappa shape index (κ2) is 7.36. The molecule has 5 aromatic rings. The molecule has 4 heteroatoms. The van der Waals surface area contributed by atoms with Crippen LogP contribution in [0.25, 0.3) is 33.2 Å². The molecule has 0 unspecified atom stereocenters. The molecule has 0 saturated heterocycles. The largest absolute Gasteiger partial charge is 0.317 e. The van der Waals surface area contributed by atoms with E-state index in [0.717, 1.165) is 0 Å². The van der Waals surface area contributed by atoms with Gasteiger partial charge < -0.3 is 9.13 Å². The number of para-hydroxylation sites is 2. The van der Waals surface area contributed by atoms with Crippen molar-refractivity contribution in [1.29, 1.82) is 0 Å². The SMILES string of the molecule is [2H]c1c([2H])c([2H])c2c(c1[2H])c([Si](C)(C)C)c([2H])n2-c1cccc(-n2c([2H])c([Si](C)(C)C)c3c([2H])c([2H])c([2H])c([2H])c32)c1. The standard InChI is InChI=1S/C28H32N2Si2/c1-31(2,3)27-19-29(25-16-9-7-14-23(25)27)21-12-11-13-22(18-21)30-20-28(32(4,5)6)24-15-8-10-17-26(24)30/h7-20H,1-6H3/i7D,8D,9D,10D,14D,15D,16D,17D,19D,20D. The maximum atomic E-state index is 9.22. The average molecular weight is 463 g/mol. The van der Waals surface area contributed by atoms with Gasteiger partial charge in [-0.2, -0.15) is 0 Å². The van der Waals surface area contributed by atoms with Crippen molar-refractivity contribution < 1.29 is 13.7 Å². The second-order valence-electron chi connectivity index (χ2n) is 10.1. The number of aromatic nitrogens is 2. The molecule has 0 aliphatic heterocycles. The van der Waals surface area contributed by atoms with Crippen molar-refractivity contribution in [2.75, 3.05) is 0 Å². The van der Waals surface area contributed by atoms with Gasteiger partial charge in [0.05, 0.1) is 40.9 Å². The highest BCUT2D eigenvalue weighted by Gasteiger charge is 2.24. The quantitative estimate of drug-likeness (QED) is 0.264. The summed E-state index contributed by atoms with van der Waals surface area (Å²) in [5.74, 6) is 0. The van der Waals surface area contributed by atoms with Gasteiger partial charge in [-0.15, -0.1) is 0 Å². The summed E-state index contributed by atoms with van der Waals surface area (Å²) in [6, 6.07) is 4.62. The fourth-order valence-corrected chi connectivity index (χ4v) is 6.76. The average Bonchev–Trinajstić information content (AvgIpc) is 3.40. The number of fused-ring (bicyclic) bond motifs is 2. The molecule has 0 amide bonds. The summed E-state index contributed by atoms with van der Waals surface area (Å²) in [5, 5.41) is 1.94. The number of hydrogen-bond donors (Lipinski definition) is 0. The van der Waals surface area contributed by atoms with Crippen LogP contribution in [-0.2, 0) is 0 Å². The molecule has 5 rings (SSSR count). The Balaban J connectivity index is 1.93. The highest BCUT2D eigenvalue weighted by Crippen LogP contribution is 2.26. The first kappa shape index (κ1) is 12.4. The summed E-state index contributed by atoms with van der Waals surface area (Å²) in [7, 11) is -4.57. The van der Waals surface area contributed by atoms with Gasteiger partial charge in [0.2, 0.25) is 0 Å². The van der Waals surface area contributed by atoms with Gasteiger partial charge in [-0.1, -0.05) is 81.6 Å². The number of rotatable bonds is 4. The lowest BCUT2D eigenvalue weighted by Gasteiger charge is -2.15. The van der Waals surface area contributed by atoms with E-state index in [1.54, 1.807) is 24.3 Å². The van der Waals surface area contributed by atoms with Gasteiger partial charge in [-0.3, -0.25) is 0 Å². The van der Waals surface area contributed by atoms with E-state index >= 15 is 0 Å². The van der Waals surface area contributed by atoms with E-state index < -0.39 is 16.1 Å². The topological polar surface area (TPSA) is 9.86 Å². The molecule has 3 aromatic carbocycles. The lowest BCUT2D eigenvalue weighted by atomic mass is 10.2. The maximum absolute atomic E-state index is 9.22. The molecular formula is C28H32N2Si2. The number of hydrogen-bond acceptors (Lipinski definition) is 0. The molecule has 0 spiro atoms. The molecule has 0 saturated carbocycles. The van der Waals surface area contributed by atoms with Crippen LogP contribution in [0.2, 0.25) is 39.3 Å². The van der Waals surface area contributed by atoms with Crippen molar-refractivity contribution in [2.45, 2.75) is 39.3 Å². The third kappa shape index (κ3) is 3.48. The Kier molecular flexibility index (Phi) is 2.86. The Hall–Kier alpha value is -2.83. The summed E-state index contributed by atoms with van der Waals surface area (Å²) >= 11 is 0. The minimum absolute atomic E-state index is 0.0847. The molecule has 32 heavy (non-hydrogen) atoms. The van der Waals surface area contributed by atoms with E-state index in [4.69, 9.17) is 11.0 Å². The lowest BCUT2D eigenvalue weighted by molar-refractivity contribution is 1.09. The van der Waals surface area contributed by atoms with Crippen LogP contribution in [0.4, 0.5) is 0 Å². The van der Waals surface area contributed by atoms with E-state index in [1.165, 1.54) is 9.13 Å². The summed E-state index contributed by atoms with van der Waals surface area (Å²) in [6.45, 7) is 12.2. The zero-order valence-electron chi connectivity index (χ0n) is 29.2. The van der Waals surface area contributed by atoms with Crippen molar-refractivity contribution >= 4 is 48.3 Å². The van der Waals surface area contributed by atoms with Crippen LogP contribution < -0.4 is 10.4 Å². The lowest BCUT2D eigenvalue weighted by Crippen LogP contribution is -2.37. The monoisotopic (exact) mass is 462 g/mol. The van der Waals surface area contributed by atoms with Gasteiger partial charge in [-0.25, -0.2) is 0 Å². The van der Waals surface area contributed by atoms with E-state index in [-0.39, 0.29) is 71.7 Å². The predicted molar refractivity (Wildman–Crippen MR) is 146 cm³/mol. The molecule has 2 nitrogen and oxygen atoms in total. The molecular weight excluding hydrogens is 420 g/mol. The minimum atomic E-state index is -2.29. The molecule has 0 atom stereocenters. The summed E-state index contributed by atoms with van der Waals surface area (Å²) in [4.78, 5) is 0. The van der Waals surface area contributed by atoms with Crippen LogP contribution in [-0.4, -0.2) is 25.3 Å². The van der Waals surface area contributed by atoms with Gasteiger partial charge >= 0.3 is 0 Å². The van der Waals surface area contributed by atoms with Crippen molar-refractivity contribution in [3.8, 4) is 11.4 Å². The zero-order valence-corrected chi connectivity index (χ0v) is 21.2. The normalized spacial score (nSPS) is 17.1. The molecule has 0 N–H and O–H groups in total. The van der Waals surface area contributed by atoms with Gasteiger partial charge in [0.1, 0.15) is 0 Å². The maximum Gasteiger partial charge on any atom is 0.0821 e. The Morgan fingerprint density at radius 3 is 1.44 bits per heavy atom. The van der Waals surface area contributed by atoms with Crippen LogP contribution in [0, 0.1) is 0 Å². The third-order valence-electron chi connectivity index (χ3n) is 5.58. The number of nitrogens with zero attached hydrogens (tertiary/aromatic N) is 2. The third-order valence-corrected chi connectivity index (χ3v) is 9.30. The van der Waals surface area contributed by atoms with Gasteiger partial charge in [0.15, 0.2) is 0 Å². The van der Waals surface area contributed by atoms with Crippen LogP contribution in [0.3, 0.4) is 0 Å². The molecule has 2 aromatic heterocycles. The fraction of sp³-hybridized carbons (Fsp3) is 0.214. The second-order valence-corrected chi connectivity index (χ2v) is 20.1. The first-order valence-corrected chi connectivity index (χ1v) is 17.7. The molecule has 0 bridgehead atoms. The smallest absolute Gasteiger partial charge is 0.0821 e. The van der Waals surface area contributed by atoms with Crippen molar-refractivity contribution in [3.63, 3.8) is 0 Å². The van der Waals surface area contributed by atoms with Crippen molar-refractivity contribution in [2.24, 2.45) is 0 Å². The first-order chi connectivity index (χ1) is 19.3. The van der Waals surface area contributed by atoms with Crippen LogP contribution in [0.1, 0.15) is 13.7 Å².